The zero-order chi connectivity index (χ0) is 21.8. The van der Waals surface area contributed by atoms with Crippen molar-refractivity contribution in [2.75, 3.05) is 16.8 Å². The molecule has 30 heavy (non-hydrogen) atoms. The highest BCUT2D eigenvalue weighted by Gasteiger charge is 2.16. The molecule has 0 spiro atoms. The van der Waals surface area contributed by atoms with Gasteiger partial charge in [0.05, 0.1) is 6.04 Å². The lowest BCUT2D eigenvalue weighted by Crippen LogP contribution is -2.16. The standard InChI is InChI=1S/C23H36N6S/c1-17(2)8-6-9-18(3)10-7-11-19(4)13-15-30-16-21(23-26-28-29-27-23)25-22-20(5)12-14-24-22/h8,10,12-14,21,24-25H,6-7,9,11,15-16H2,1-5H3,(H,26,27,28,29). The van der Waals surface area contributed by atoms with Gasteiger partial charge in [0.25, 0.3) is 0 Å². The summed E-state index contributed by atoms with van der Waals surface area (Å²) in [6.07, 6.45) is 13.5. The zero-order valence-electron chi connectivity index (χ0n) is 19.0. The van der Waals surface area contributed by atoms with Gasteiger partial charge in [-0.1, -0.05) is 34.9 Å². The molecule has 2 aromatic heterocycles. The fourth-order valence-corrected chi connectivity index (χ4v) is 4.02. The monoisotopic (exact) mass is 428 g/mol. The van der Waals surface area contributed by atoms with E-state index < -0.39 is 0 Å². The number of hydrogen-bond acceptors (Lipinski definition) is 5. The summed E-state index contributed by atoms with van der Waals surface area (Å²) >= 11 is 1.88. The largest absolute Gasteiger partial charge is 0.361 e. The smallest absolute Gasteiger partial charge is 0.171 e. The predicted molar refractivity (Wildman–Crippen MR) is 129 cm³/mol. The summed E-state index contributed by atoms with van der Waals surface area (Å²) in [7, 11) is 0. The van der Waals surface area contributed by atoms with Crippen molar-refractivity contribution in [3.63, 3.8) is 0 Å². The number of aromatic nitrogens is 5. The predicted octanol–water partition coefficient (Wildman–Crippen LogP) is 6.14. The Bertz CT molecular complexity index is 828. The highest BCUT2D eigenvalue weighted by Crippen LogP contribution is 2.22. The Labute approximate surface area is 185 Å². The van der Waals surface area contributed by atoms with Crippen molar-refractivity contribution in [3.8, 4) is 0 Å². The van der Waals surface area contributed by atoms with E-state index in [1.165, 1.54) is 22.3 Å². The summed E-state index contributed by atoms with van der Waals surface area (Å²) < 4.78 is 0. The molecule has 0 aromatic carbocycles. The Morgan fingerprint density at radius 3 is 2.47 bits per heavy atom. The molecule has 0 aliphatic rings. The zero-order valence-corrected chi connectivity index (χ0v) is 19.8. The number of H-pyrrole nitrogens is 2. The van der Waals surface area contributed by atoms with Gasteiger partial charge >= 0.3 is 0 Å². The van der Waals surface area contributed by atoms with E-state index in [9.17, 15) is 0 Å². The molecular formula is C23H36N6S. The van der Waals surface area contributed by atoms with E-state index >= 15 is 0 Å². The van der Waals surface area contributed by atoms with Gasteiger partial charge in [0.15, 0.2) is 5.82 Å². The van der Waals surface area contributed by atoms with Gasteiger partial charge in [-0.15, -0.1) is 5.10 Å². The number of aromatic amines is 2. The summed E-state index contributed by atoms with van der Waals surface area (Å²) in [4.78, 5) is 3.23. The van der Waals surface area contributed by atoms with Crippen LogP contribution in [0.3, 0.4) is 0 Å². The molecule has 1 atom stereocenters. The van der Waals surface area contributed by atoms with E-state index in [0.29, 0.717) is 0 Å². The lowest BCUT2D eigenvalue weighted by Gasteiger charge is -2.16. The van der Waals surface area contributed by atoms with Crippen LogP contribution in [0.25, 0.3) is 0 Å². The molecule has 6 nitrogen and oxygen atoms in total. The third-order valence-corrected chi connectivity index (χ3v) is 5.89. The normalized spacial score (nSPS) is 13.4. The molecule has 0 fully saturated rings. The van der Waals surface area contributed by atoms with Gasteiger partial charge in [-0.05, 0) is 82.4 Å². The number of tetrazole rings is 1. The topological polar surface area (TPSA) is 82.3 Å². The van der Waals surface area contributed by atoms with Gasteiger partial charge in [-0.3, -0.25) is 0 Å². The molecule has 0 bridgehead atoms. The first-order chi connectivity index (χ1) is 14.5. The van der Waals surface area contributed by atoms with Crippen molar-refractivity contribution in [3.05, 3.63) is 58.6 Å². The second-order valence-electron chi connectivity index (χ2n) is 8.02. The molecule has 7 heteroatoms. The summed E-state index contributed by atoms with van der Waals surface area (Å²) in [5, 5.41) is 17.9. The summed E-state index contributed by atoms with van der Waals surface area (Å²) in [5.41, 5.74) is 5.52. The van der Waals surface area contributed by atoms with E-state index in [1.54, 1.807) is 0 Å². The maximum absolute atomic E-state index is 4.10. The van der Waals surface area contributed by atoms with Crippen molar-refractivity contribution in [2.45, 2.75) is 66.3 Å². The highest BCUT2D eigenvalue weighted by atomic mass is 32.2. The van der Waals surface area contributed by atoms with Gasteiger partial charge in [0, 0.05) is 17.7 Å². The van der Waals surface area contributed by atoms with Crippen LogP contribution in [-0.4, -0.2) is 37.1 Å². The Hall–Kier alpha value is -2.28. The summed E-state index contributed by atoms with van der Waals surface area (Å²) in [6.45, 7) is 10.9. The lowest BCUT2D eigenvalue weighted by molar-refractivity contribution is 0.798. The van der Waals surface area contributed by atoms with E-state index in [4.69, 9.17) is 0 Å². The molecule has 0 radical (unpaired) electrons. The van der Waals surface area contributed by atoms with Crippen LogP contribution >= 0.6 is 11.8 Å². The minimum atomic E-state index is 0.0300. The quantitative estimate of drug-likeness (QED) is 0.264. The van der Waals surface area contributed by atoms with E-state index in [2.05, 4.69) is 89.8 Å². The van der Waals surface area contributed by atoms with Crippen LogP contribution in [-0.2, 0) is 0 Å². The molecule has 2 aromatic rings. The van der Waals surface area contributed by atoms with Crippen LogP contribution in [0, 0.1) is 6.92 Å². The summed E-state index contributed by atoms with van der Waals surface area (Å²) in [5.74, 6) is 3.63. The Balaban J connectivity index is 1.74. The van der Waals surface area contributed by atoms with E-state index in [-0.39, 0.29) is 6.04 Å². The summed E-state index contributed by atoms with van der Waals surface area (Å²) in [6, 6.07) is 2.08. The third kappa shape index (κ3) is 9.03. The Morgan fingerprint density at radius 2 is 1.83 bits per heavy atom. The number of anilines is 1. The van der Waals surface area contributed by atoms with Gasteiger partial charge in [0.2, 0.25) is 0 Å². The number of nitrogens with zero attached hydrogens (tertiary/aromatic N) is 3. The number of allylic oxidation sites excluding steroid dienone is 5. The van der Waals surface area contributed by atoms with Crippen molar-refractivity contribution < 1.29 is 0 Å². The fourth-order valence-electron chi connectivity index (χ4n) is 3.01. The van der Waals surface area contributed by atoms with Crippen LogP contribution in [0.5, 0.6) is 0 Å². The first kappa shape index (κ1) is 24.0. The van der Waals surface area contributed by atoms with Gasteiger partial charge in [-0.25, -0.2) is 5.10 Å². The van der Waals surface area contributed by atoms with Gasteiger partial charge in [0.1, 0.15) is 5.82 Å². The maximum Gasteiger partial charge on any atom is 0.171 e. The number of rotatable bonds is 13. The molecule has 164 valence electrons. The second kappa shape index (κ2) is 13.1. The molecule has 2 rings (SSSR count). The molecule has 0 saturated heterocycles. The third-order valence-electron chi connectivity index (χ3n) is 4.92. The van der Waals surface area contributed by atoms with Crippen LogP contribution < -0.4 is 5.32 Å². The number of thioether (sulfide) groups is 1. The average Bonchev–Trinajstić information content (AvgIpc) is 3.36. The first-order valence-electron chi connectivity index (χ1n) is 10.6. The van der Waals surface area contributed by atoms with Crippen molar-refractivity contribution in [1.82, 2.24) is 25.6 Å². The second-order valence-corrected chi connectivity index (χ2v) is 9.09. The lowest BCUT2D eigenvalue weighted by atomic mass is 10.1. The van der Waals surface area contributed by atoms with Crippen LogP contribution in [0.2, 0.25) is 0 Å². The van der Waals surface area contributed by atoms with Crippen molar-refractivity contribution in [2.24, 2.45) is 0 Å². The molecule has 2 heterocycles. The molecule has 3 N–H and O–H groups in total. The number of hydrogen-bond donors (Lipinski definition) is 3. The van der Waals surface area contributed by atoms with Crippen molar-refractivity contribution in [1.29, 1.82) is 0 Å². The highest BCUT2D eigenvalue weighted by molar-refractivity contribution is 7.99. The minimum Gasteiger partial charge on any atom is -0.361 e. The van der Waals surface area contributed by atoms with E-state index in [1.807, 2.05) is 18.0 Å². The van der Waals surface area contributed by atoms with E-state index in [0.717, 1.165) is 48.8 Å². The average molecular weight is 429 g/mol. The first-order valence-corrected chi connectivity index (χ1v) is 11.8. The van der Waals surface area contributed by atoms with Crippen molar-refractivity contribution >= 4 is 17.6 Å². The molecule has 1 unspecified atom stereocenters. The number of aryl methyl sites for hydroxylation is 1. The SMILES string of the molecule is CC(C)=CCCC(C)=CCCC(C)=CCSCC(Nc1[nH]ccc1C)c1nnn[nH]1. The number of nitrogens with one attached hydrogen (secondary N) is 3. The molecule has 0 saturated carbocycles. The molecule has 0 aliphatic heterocycles. The Morgan fingerprint density at radius 1 is 1.10 bits per heavy atom. The van der Waals surface area contributed by atoms with Gasteiger partial charge in [-0.2, -0.15) is 11.8 Å². The van der Waals surface area contributed by atoms with Crippen LogP contribution in [0.15, 0.2) is 47.2 Å². The Kier molecular flexibility index (Phi) is 10.5. The molecule has 0 amide bonds. The van der Waals surface area contributed by atoms with Gasteiger partial charge < -0.3 is 10.3 Å². The van der Waals surface area contributed by atoms with Crippen LogP contribution in [0.1, 0.15) is 70.8 Å². The molecular weight excluding hydrogens is 392 g/mol. The fraction of sp³-hybridized carbons (Fsp3) is 0.522. The van der Waals surface area contributed by atoms with Crippen LogP contribution in [0.4, 0.5) is 5.82 Å². The minimum absolute atomic E-state index is 0.0300. The maximum atomic E-state index is 4.10. The molecule has 0 aliphatic carbocycles.